The quantitative estimate of drug-likeness (QED) is 0.340. The van der Waals surface area contributed by atoms with E-state index in [0.717, 1.165) is 70.6 Å². The molecule has 1 spiro atoms. The third-order valence-electron chi connectivity index (χ3n) is 12.8. The van der Waals surface area contributed by atoms with Crippen molar-refractivity contribution in [1.29, 1.82) is 0 Å². The van der Waals surface area contributed by atoms with Crippen molar-refractivity contribution < 1.29 is 9.53 Å². The summed E-state index contributed by atoms with van der Waals surface area (Å²) in [5.74, 6) is 0.929. The molecule has 4 N–H and O–H groups in total. The highest BCUT2D eigenvalue weighted by atomic mass is 16.5. The molecule has 0 amide bonds. The van der Waals surface area contributed by atoms with Crippen molar-refractivity contribution in [2.75, 3.05) is 17.2 Å². The molecule has 7 nitrogen and oxygen atoms in total. The van der Waals surface area contributed by atoms with E-state index < -0.39 is 10.8 Å². The van der Waals surface area contributed by atoms with Crippen LogP contribution in [0.15, 0.2) is 9.59 Å². The molecule has 5 fully saturated rings. The van der Waals surface area contributed by atoms with Gasteiger partial charge in [-0.1, -0.05) is 33.1 Å². The van der Waals surface area contributed by atoms with E-state index in [0.29, 0.717) is 29.8 Å². The smallest absolute Gasteiger partial charge is 0.312 e. The number of fused-ring (bicyclic) bond motifs is 3. The van der Waals surface area contributed by atoms with Gasteiger partial charge in [0.2, 0.25) is 0 Å². The van der Waals surface area contributed by atoms with Gasteiger partial charge in [-0.05, 0) is 106 Å². The van der Waals surface area contributed by atoms with Crippen molar-refractivity contribution in [3.05, 3.63) is 20.4 Å². The van der Waals surface area contributed by atoms with Gasteiger partial charge in [-0.15, -0.1) is 0 Å². The standard InChI is InChI=1S/C32H49N3O4/c1-5-39-28(38)31(4)14-8-13-30(3)21(31)12-16-32-17-23(29(2,18-32)15-11-22(30)32)35-25-24(26(36)27(25)37)34-20-10-7-6-9-19(20)33/h19-23,34-35H,5-18,33H2,1-4H3/t19-,20-,21-,22-,23+,29-,30+,31+,32-/m0/s1. The van der Waals surface area contributed by atoms with Crippen LogP contribution in [-0.4, -0.2) is 30.7 Å². The summed E-state index contributed by atoms with van der Waals surface area (Å²) in [6.07, 6.45) is 14.0. The number of hydrogen-bond donors (Lipinski definition) is 3. The second-order valence-corrected chi connectivity index (χ2v) is 14.9. The van der Waals surface area contributed by atoms with Gasteiger partial charge in [0.25, 0.3) is 10.9 Å². The molecule has 5 aliphatic rings. The molecule has 6 rings (SSSR count). The Labute approximate surface area is 233 Å². The molecule has 5 aliphatic carbocycles. The highest BCUT2D eigenvalue weighted by Crippen LogP contribution is 2.74. The van der Waals surface area contributed by atoms with Crippen LogP contribution in [0.1, 0.15) is 111 Å². The summed E-state index contributed by atoms with van der Waals surface area (Å²) in [5, 5.41) is 7.04. The number of esters is 1. The average molecular weight is 540 g/mol. The molecule has 216 valence electrons. The molecule has 5 saturated carbocycles. The summed E-state index contributed by atoms with van der Waals surface area (Å²) in [7, 11) is 0. The number of rotatable bonds is 6. The fourth-order valence-corrected chi connectivity index (χ4v) is 10.9. The third-order valence-corrected chi connectivity index (χ3v) is 12.8. The van der Waals surface area contributed by atoms with Gasteiger partial charge < -0.3 is 21.1 Å². The summed E-state index contributed by atoms with van der Waals surface area (Å²) >= 11 is 0. The van der Waals surface area contributed by atoms with Gasteiger partial charge in [-0.25, -0.2) is 0 Å². The minimum absolute atomic E-state index is 0.00121. The number of nitrogens with one attached hydrogen (secondary N) is 2. The fourth-order valence-electron chi connectivity index (χ4n) is 10.9. The van der Waals surface area contributed by atoms with Gasteiger partial charge in [0.1, 0.15) is 11.4 Å². The first-order valence-corrected chi connectivity index (χ1v) is 15.8. The number of carbonyl (C=O) groups is 1. The first-order chi connectivity index (χ1) is 18.5. The predicted octanol–water partition coefficient (Wildman–Crippen LogP) is 5.11. The van der Waals surface area contributed by atoms with E-state index in [9.17, 15) is 14.4 Å². The minimum Gasteiger partial charge on any atom is -0.466 e. The molecular formula is C32H49N3O4. The maximum absolute atomic E-state index is 13.2. The lowest BCUT2D eigenvalue weighted by Crippen LogP contribution is -2.58. The van der Waals surface area contributed by atoms with E-state index in [4.69, 9.17) is 10.5 Å². The summed E-state index contributed by atoms with van der Waals surface area (Å²) in [5.41, 5.74) is 6.58. The summed E-state index contributed by atoms with van der Waals surface area (Å²) < 4.78 is 5.63. The summed E-state index contributed by atoms with van der Waals surface area (Å²) in [6, 6.07) is 0.247. The highest BCUT2D eigenvalue weighted by molar-refractivity contribution is 5.77. The number of nitrogens with two attached hydrogens (primary N) is 1. The normalized spacial score (nSPS) is 45.3. The Morgan fingerprint density at radius 2 is 1.59 bits per heavy atom. The first-order valence-electron chi connectivity index (χ1n) is 15.8. The molecule has 1 aromatic carbocycles. The van der Waals surface area contributed by atoms with Crippen molar-refractivity contribution >= 4 is 17.3 Å². The van der Waals surface area contributed by atoms with Gasteiger partial charge in [-0.3, -0.25) is 14.4 Å². The number of ether oxygens (including phenoxy) is 1. The molecule has 0 unspecified atom stereocenters. The summed E-state index contributed by atoms with van der Waals surface area (Å²) in [6.45, 7) is 9.40. The summed E-state index contributed by atoms with van der Waals surface area (Å²) in [4.78, 5) is 38.7. The molecule has 0 radical (unpaired) electrons. The average Bonchev–Trinajstić information content (AvgIpc) is 3.10. The molecule has 7 heteroatoms. The van der Waals surface area contributed by atoms with Crippen LogP contribution >= 0.6 is 0 Å². The first kappa shape index (κ1) is 27.3. The van der Waals surface area contributed by atoms with Crippen molar-refractivity contribution in [2.24, 2.45) is 39.2 Å². The maximum atomic E-state index is 13.2. The topological polar surface area (TPSA) is 111 Å². The van der Waals surface area contributed by atoms with E-state index in [-0.39, 0.29) is 45.8 Å². The zero-order valence-electron chi connectivity index (χ0n) is 24.5. The van der Waals surface area contributed by atoms with Gasteiger partial charge in [0.05, 0.1) is 12.0 Å². The highest BCUT2D eigenvalue weighted by Gasteiger charge is 2.68. The van der Waals surface area contributed by atoms with Crippen LogP contribution in [-0.2, 0) is 9.53 Å². The van der Waals surface area contributed by atoms with E-state index in [1.165, 1.54) is 12.8 Å². The van der Waals surface area contributed by atoms with Crippen LogP contribution in [0, 0.1) is 33.5 Å². The van der Waals surface area contributed by atoms with Crippen molar-refractivity contribution in [2.45, 2.75) is 129 Å². The van der Waals surface area contributed by atoms with Gasteiger partial charge in [0, 0.05) is 18.1 Å². The van der Waals surface area contributed by atoms with Crippen LogP contribution in [0.2, 0.25) is 0 Å². The Bertz CT molecular complexity index is 1210. The van der Waals surface area contributed by atoms with Gasteiger partial charge in [0.15, 0.2) is 0 Å². The third kappa shape index (κ3) is 3.95. The maximum Gasteiger partial charge on any atom is 0.312 e. The molecular weight excluding hydrogens is 490 g/mol. The van der Waals surface area contributed by atoms with Crippen molar-refractivity contribution in [3.8, 4) is 0 Å². The van der Waals surface area contributed by atoms with Gasteiger partial charge >= 0.3 is 5.97 Å². The molecule has 0 heterocycles. The van der Waals surface area contributed by atoms with Gasteiger partial charge in [-0.2, -0.15) is 0 Å². The van der Waals surface area contributed by atoms with Crippen LogP contribution in [0.5, 0.6) is 0 Å². The lowest BCUT2D eigenvalue weighted by Gasteiger charge is -2.64. The largest absolute Gasteiger partial charge is 0.466 e. The fraction of sp³-hybridized carbons (Fsp3) is 0.844. The minimum atomic E-state index is -0.397. The second-order valence-electron chi connectivity index (χ2n) is 14.9. The van der Waals surface area contributed by atoms with Crippen molar-refractivity contribution in [1.82, 2.24) is 0 Å². The zero-order valence-corrected chi connectivity index (χ0v) is 24.5. The van der Waals surface area contributed by atoms with Crippen molar-refractivity contribution in [3.63, 3.8) is 0 Å². The SMILES string of the molecule is CCOC(=O)[C@]1(C)CCC[C@@]2(C)[C@@H]3CC[C@@]4(C)C[C@]3(CC[C@@H]21)C[C@H]4Nc1c(N[C@H]2CCCC[C@@H]2N)c(=O)c1=O. The molecule has 0 saturated heterocycles. The van der Waals surface area contributed by atoms with E-state index in [1.54, 1.807) is 0 Å². The lowest BCUT2D eigenvalue weighted by atomic mass is 9.40. The number of anilines is 2. The lowest BCUT2D eigenvalue weighted by molar-refractivity contribution is -0.187. The van der Waals surface area contributed by atoms with E-state index in [2.05, 4.69) is 31.4 Å². The predicted molar refractivity (Wildman–Crippen MR) is 155 cm³/mol. The Kier molecular flexibility index (Phi) is 6.52. The van der Waals surface area contributed by atoms with Crippen LogP contribution in [0.3, 0.4) is 0 Å². The van der Waals surface area contributed by atoms with E-state index >= 15 is 0 Å². The van der Waals surface area contributed by atoms with Crippen LogP contribution < -0.4 is 27.2 Å². The number of hydrogen-bond acceptors (Lipinski definition) is 7. The number of carbonyl (C=O) groups excluding carboxylic acids is 1. The molecule has 0 aromatic heterocycles. The second kappa shape index (κ2) is 9.32. The molecule has 2 bridgehead atoms. The Morgan fingerprint density at radius 3 is 2.31 bits per heavy atom. The molecule has 9 atom stereocenters. The van der Waals surface area contributed by atoms with Crippen LogP contribution in [0.25, 0.3) is 0 Å². The Balaban J connectivity index is 1.24. The molecule has 39 heavy (non-hydrogen) atoms. The van der Waals surface area contributed by atoms with Crippen LogP contribution in [0.4, 0.5) is 11.4 Å². The van der Waals surface area contributed by atoms with E-state index in [1.807, 2.05) is 6.92 Å². The molecule has 1 aromatic rings. The molecule has 0 aliphatic heterocycles. The Hall–Kier alpha value is -1.89. The zero-order chi connectivity index (χ0) is 27.8. The Morgan fingerprint density at radius 1 is 0.897 bits per heavy atom. The monoisotopic (exact) mass is 539 g/mol.